The highest BCUT2D eigenvalue weighted by Gasteiger charge is 2.26. The first-order valence-electron chi connectivity index (χ1n) is 10.7. The molecule has 2 aromatic carbocycles. The maximum Gasteiger partial charge on any atom is 0.277 e. The van der Waals surface area contributed by atoms with Crippen molar-refractivity contribution < 1.29 is 14.5 Å². The summed E-state index contributed by atoms with van der Waals surface area (Å²) >= 11 is 0. The summed E-state index contributed by atoms with van der Waals surface area (Å²) in [4.78, 5) is 16.7. The summed E-state index contributed by atoms with van der Waals surface area (Å²) in [6.45, 7) is 9.61. The number of para-hydroxylation sites is 1. The van der Waals surface area contributed by atoms with Gasteiger partial charge in [-0.3, -0.25) is 4.79 Å². The third-order valence-corrected chi connectivity index (χ3v) is 5.86. The van der Waals surface area contributed by atoms with Crippen LogP contribution in [0.4, 0.5) is 10.1 Å². The standard InChI is InChI=1S/C24H32FN3O/c1-4-19-9-11-20(12-10-19)24(18(2)3)26-17-23(29)28-15-13-27(14-16-28)22-8-6-5-7-21(22)25/h5-12,18,24,26H,4,13-17H2,1-3H3/p+1/t24-/m0/s1. The van der Waals surface area contributed by atoms with Crippen LogP contribution < -0.4 is 10.2 Å². The quantitative estimate of drug-likeness (QED) is 0.779. The molecular formula is C24H33FN3O+. The summed E-state index contributed by atoms with van der Waals surface area (Å²) in [6.07, 6.45) is 1.04. The molecule has 2 N–H and O–H groups in total. The Hall–Kier alpha value is -2.40. The Labute approximate surface area is 173 Å². The molecule has 1 amide bonds. The van der Waals surface area contributed by atoms with E-state index in [1.54, 1.807) is 12.1 Å². The molecule has 1 heterocycles. The Balaban J connectivity index is 1.53. The Kier molecular flexibility index (Phi) is 7.26. The number of anilines is 1. The largest absolute Gasteiger partial charge is 0.366 e. The summed E-state index contributed by atoms with van der Waals surface area (Å²) in [6, 6.07) is 15.9. The number of hydrogen-bond acceptors (Lipinski definition) is 2. The molecule has 29 heavy (non-hydrogen) atoms. The van der Waals surface area contributed by atoms with E-state index in [1.807, 2.05) is 15.9 Å². The molecule has 5 heteroatoms. The minimum absolute atomic E-state index is 0.161. The van der Waals surface area contributed by atoms with Crippen molar-refractivity contribution in [3.63, 3.8) is 0 Å². The predicted molar refractivity (Wildman–Crippen MR) is 115 cm³/mol. The molecule has 1 saturated heterocycles. The second-order valence-electron chi connectivity index (χ2n) is 8.12. The van der Waals surface area contributed by atoms with E-state index in [0.717, 1.165) is 6.42 Å². The van der Waals surface area contributed by atoms with Crippen molar-refractivity contribution in [3.05, 3.63) is 65.5 Å². The molecular weight excluding hydrogens is 365 g/mol. The number of rotatable bonds is 7. The van der Waals surface area contributed by atoms with Crippen molar-refractivity contribution in [3.8, 4) is 0 Å². The zero-order valence-electron chi connectivity index (χ0n) is 17.8. The van der Waals surface area contributed by atoms with Gasteiger partial charge >= 0.3 is 0 Å². The van der Waals surface area contributed by atoms with Crippen molar-refractivity contribution in [2.75, 3.05) is 37.6 Å². The fraction of sp³-hybridized carbons (Fsp3) is 0.458. The molecule has 0 radical (unpaired) electrons. The monoisotopic (exact) mass is 398 g/mol. The van der Waals surface area contributed by atoms with Crippen molar-refractivity contribution in [2.45, 2.75) is 33.2 Å². The Morgan fingerprint density at radius 2 is 1.69 bits per heavy atom. The van der Waals surface area contributed by atoms with Crippen LogP contribution in [0.15, 0.2) is 48.5 Å². The number of benzene rings is 2. The van der Waals surface area contributed by atoms with Crippen LogP contribution in [0.5, 0.6) is 0 Å². The lowest BCUT2D eigenvalue weighted by atomic mass is 9.95. The number of nitrogens with two attached hydrogens (primary N) is 1. The van der Waals surface area contributed by atoms with Gasteiger partial charge < -0.3 is 15.1 Å². The highest BCUT2D eigenvalue weighted by molar-refractivity contribution is 5.77. The zero-order valence-corrected chi connectivity index (χ0v) is 17.8. The second kappa shape index (κ2) is 9.88. The number of halogens is 1. The number of nitrogens with zero attached hydrogens (tertiary/aromatic N) is 2. The third kappa shape index (κ3) is 5.36. The second-order valence-corrected chi connectivity index (χ2v) is 8.12. The highest BCUT2D eigenvalue weighted by atomic mass is 19.1. The fourth-order valence-corrected chi connectivity index (χ4v) is 4.03. The predicted octanol–water partition coefficient (Wildman–Crippen LogP) is 3.00. The lowest BCUT2D eigenvalue weighted by Gasteiger charge is -2.36. The van der Waals surface area contributed by atoms with Crippen molar-refractivity contribution in [1.82, 2.24) is 4.90 Å². The maximum atomic E-state index is 14.0. The van der Waals surface area contributed by atoms with Gasteiger partial charge in [0.15, 0.2) is 6.54 Å². The number of hydrogen-bond donors (Lipinski definition) is 1. The normalized spacial score (nSPS) is 15.6. The average Bonchev–Trinajstić information content (AvgIpc) is 2.74. The van der Waals surface area contributed by atoms with E-state index < -0.39 is 0 Å². The summed E-state index contributed by atoms with van der Waals surface area (Å²) in [5, 5.41) is 2.16. The molecule has 1 aliphatic heterocycles. The number of quaternary nitrogens is 1. The number of aryl methyl sites for hydroxylation is 1. The molecule has 0 unspecified atom stereocenters. The molecule has 1 fully saturated rings. The highest BCUT2D eigenvalue weighted by Crippen LogP contribution is 2.20. The van der Waals surface area contributed by atoms with Crippen molar-refractivity contribution in [2.24, 2.45) is 5.92 Å². The smallest absolute Gasteiger partial charge is 0.277 e. The lowest BCUT2D eigenvalue weighted by molar-refractivity contribution is -0.692. The van der Waals surface area contributed by atoms with Crippen LogP contribution >= 0.6 is 0 Å². The Morgan fingerprint density at radius 3 is 2.28 bits per heavy atom. The SMILES string of the molecule is CCc1ccc([C@@H]([NH2+]CC(=O)N2CCN(c3ccccc3F)CC2)C(C)C)cc1. The number of carbonyl (C=O) groups is 1. The molecule has 1 aliphatic rings. The van der Waals surface area contributed by atoms with Crippen LogP contribution in [0.25, 0.3) is 0 Å². The van der Waals surface area contributed by atoms with Gasteiger partial charge in [0, 0.05) is 37.7 Å². The van der Waals surface area contributed by atoms with Gasteiger partial charge in [-0.15, -0.1) is 0 Å². The van der Waals surface area contributed by atoms with Gasteiger partial charge in [-0.05, 0) is 24.1 Å². The number of carbonyl (C=O) groups excluding carboxylic acids is 1. The van der Waals surface area contributed by atoms with E-state index in [2.05, 4.69) is 50.4 Å². The van der Waals surface area contributed by atoms with E-state index >= 15 is 0 Å². The molecule has 0 spiro atoms. The van der Waals surface area contributed by atoms with Crippen LogP contribution in [0.2, 0.25) is 0 Å². The Bertz CT molecular complexity index is 798. The van der Waals surface area contributed by atoms with Gasteiger partial charge in [-0.25, -0.2) is 4.39 Å². The van der Waals surface area contributed by atoms with Gasteiger partial charge in [0.05, 0.1) is 5.69 Å². The van der Waals surface area contributed by atoms with E-state index in [9.17, 15) is 9.18 Å². The minimum atomic E-state index is -0.200. The first-order chi connectivity index (χ1) is 14.0. The van der Waals surface area contributed by atoms with Gasteiger partial charge in [-0.2, -0.15) is 0 Å². The fourth-order valence-electron chi connectivity index (χ4n) is 4.03. The van der Waals surface area contributed by atoms with Crippen LogP contribution in [0.1, 0.15) is 37.9 Å². The Morgan fingerprint density at radius 1 is 1.03 bits per heavy atom. The van der Waals surface area contributed by atoms with E-state index in [-0.39, 0.29) is 17.8 Å². The molecule has 0 aromatic heterocycles. The van der Waals surface area contributed by atoms with E-state index in [1.165, 1.54) is 17.2 Å². The number of amides is 1. The molecule has 1 atom stereocenters. The molecule has 0 saturated carbocycles. The summed E-state index contributed by atoms with van der Waals surface area (Å²) < 4.78 is 14.0. The van der Waals surface area contributed by atoms with Gasteiger partial charge in [0.1, 0.15) is 11.9 Å². The molecule has 156 valence electrons. The molecule has 3 rings (SSSR count). The van der Waals surface area contributed by atoms with Gasteiger partial charge in [0.25, 0.3) is 5.91 Å². The minimum Gasteiger partial charge on any atom is -0.366 e. The van der Waals surface area contributed by atoms with E-state index in [4.69, 9.17) is 0 Å². The van der Waals surface area contributed by atoms with Crippen molar-refractivity contribution in [1.29, 1.82) is 0 Å². The number of piperazine rings is 1. The maximum absolute atomic E-state index is 14.0. The summed E-state index contributed by atoms with van der Waals surface area (Å²) in [5.41, 5.74) is 3.23. The molecule has 0 bridgehead atoms. The average molecular weight is 399 g/mol. The first-order valence-corrected chi connectivity index (χ1v) is 10.7. The van der Waals surface area contributed by atoms with Gasteiger partial charge in [-0.1, -0.05) is 57.2 Å². The van der Waals surface area contributed by atoms with Crippen LogP contribution in [-0.2, 0) is 11.2 Å². The van der Waals surface area contributed by atoms with Crippen LogP contribution in [0.3, 0.4) is 0 Å². The molecule has 4 nitrogen and oxygen atoms in total. The lowest BCUT2D eigenvalue weighted by Crippen LogP contribution is -2.88. The van der Waals surface area contributed by atoms with E-state index in [0.29, 0.717) is 44.3 Å². The summed E-state index contributed by atoms with van der Waals surface area (Å²) in [5.74, 6) is 0.400. The van der Waals surface area contributed by atoms with Crippen LogP contribution in [-0.4, -0.2) is 43.5 Å². The van der Waals surface area contributed by atoms with Gasteiger partial charge in [0.2, 0.25) is 0 Å². The third-order valence-electron chi connectivity index (χ3n) is 5.86. The molecule has 0 aliphatic carbocycles. The topological polar surface area (TPSA) is 40.2 Å². The van der Waals surface area contributed by atoms with Crippen LogP contribution in [0, 0.1) is 11.7 Å². The summed E-state index contributed by atoms with van der Waals surface area (Å²) in [7, 11) is 0. The first kappa shape index (κ1) is 21.3. The zero-order chi connectivity index (χ0) is 20.8. The molecule has 2 aromatic rings. The van der Waals surface area contributed by atoms with Crippen molar-refractivity contribution >= 4 is 11.6 Å².